The van der Waals surface area contributed by atoms with Crippen LogP contribution in [0.25, 0.3) is 0 Å². The minimum absolute atomic E-state index is 0.0791. The van der Waals surface area contributed by atoms with E-state index in [4.69, 9.17) is 16.3 Å². The van der Waals surface area contributed by atoms with Crippen molar-refractivity contribution in [3.8, 4) is 5.75 Å². The molecule has 0 fully saturated rings. The van der Waals surface area contributed by atoms with Crippen LogP contribution in [0, 0.1) is 0 Å². The molecular weight excluding hydrogens is 340 g/mol. The van der Waals surface area contributed by atoms with Crippen molar-refractivity contribution in [3.63, 3.8) is 0 Å². The molecule has 0 unspecified atom stereocenters. The molecule has 5 nitrogen and oxygen atoms in total. The number of aryl methyl sites for hydroxylation is 1. The number of methoxy groups -OCH3 is 1. The maximum atomic E-state index is 12.8. The topological polar surface area (TPSA) is 58.6 Å². The van der Waals surface area contributed by atoms with E-state index in [0.29, 0.717) is 11.4 Å². The van der Waals surface area contributed by atoms with Gasteiger partial charge in [-0.05, 0) is 30.2 Å². The lowest BCUT2D eigenvalue weighted by Gasteiger charge is -2.16. The van der Waals surface area contributed by atoms with Crippen LogP contribution >= 0.6 is 11.6 Å². The van der Waals surface area contributed by atoms with Crippen molar-refractivity contribution in [2.45, 2.75) is 13.3 Å². The average Bonchev–Trinajstić information content (AvgIpc) is 2.85. The molecule has 1 aliphatic heterocycles. The predicted octanol–water partition coefficient (Wildman–Crippen LogP) is 3.69. The molecule has 0 saturated carbocycles. The number of nitrogens with zero attached hydrogens (tertiary/aromatic N) is 1. The number of ether oxygens (including phenoxy) is 1. The molecule has 128 valence electrons. The lowest BCUT2D eigenvalue weighted by molar-refractivity contribution is -0.120. The third-order valence-corrected chi connectivity index (χ3v) is 4.35. The van der Waals surface area contributed by atoms with Gasteiger partial charge in [-0.1, -0.05) is 42.8 Å². The smallest absolute Gasteiger partial charge is 0.283 e. The predicted molar refractivity (Wildman–Crippen MR) is 97.8 cm³/mol. The molecule has 25 heavy (non-hydrogen) atoms. The summed E-state index contributed by atoms with van der Waals surface area (Å²) < 4.78 is 5.15. The molecule has 1 aliphatic rings. The highest BCUT2D eigenvalue weighted by Gasteiger charge is 2.39. The van der Waals surface area contributed by atoms with Gasteiger partial charge >= 0.3 is 0 Å². The Labute approximate surface area is 150 Å². The summed E-state index contributed by atoms with van der Waals surface area (Å²) in [5.41, 5.74) is 2.27. The Hall–Kier alpha value is -2.79. The number of benzene rings is 2. The Balaban J connectivity index is 1.94. The van der Waals surface area contributed by atoms with E-state index >= 15 is 0 Å². The van der Waals surface area contributed by atoms with Gasteiger partial charge in [0, 0.05) is 11.8 Å². The molecule has 0 bridgehead atoms. The van der Waals surface area contributed by atoms with Crippen LogP contribution in [0.4, 0.5) is 11.4 Å². The second-order valence-corrected chi connectivity index (χ2v) is 5.85. The molecule has 1 N–H and O–H groups in total. The fourth-order valence-corrected chi connectivity index (χ4v) is 2.89. The summed E-state index contributed by atoms with van der Waals surface area (Å²) in [5.74, 6) is -0.502. The number of rotatable bonds is 5. The molecule has 1 heterocycles. The van der Waals surface area contributed by atoms with Gasteiger partial charge in [-0.15, -0.1) is 0 Å². The molecule has 6 heteroatoms. The standard InChI is InChI=1S/C19H17ClN2O3/c1-3-12-7-4-5-10-15(12)21-17-16(20)18(23)22(19(17)24)13-8-6-9-14(11-13)25-2/h4-11,21H,3H2,1-2H3. The first-order chi connectivity index (χ1) is 12.1. The van der Waals surface area contributed by atoms with E-state index in [1.807, 2.05) is 31.2 Å². The van der Waals surface area contributed by atoms with Gasteiger partial charge in [0.1, 0.15) is 16.5 Å². The van der Waals surface area contributed by atoms with E-state index in [1.165, 1.54) is 7.11 Å². The Kier molecular flexibility index (Phi) is 4.76. The highest BCUT2D eigenvalue weighted by atomic mass is 35.5. The van der Waals surface area contributed by atoms with Crippen LogP contribution in [0.2, 0.25) is 0 Å². The third kappa shape index (κ3) is 3.10. The Morgan fingerprint density at radius 2 is 1.84 bits per heavy atom. The molecule has 2 aromatic carbocycles. The summed E-state index contributed by atoms with van der Waals surface area (Å²) in [6, 6.07) is 14.3. The van der Waals surface area contributed by atoms with Crippen LogP contribution in [0.5, 0.6) is 5.75 Å². The van der Waals surface area contributed by atoms with Crippen LogP contribution in [0.1, 0.15) is 12.5 Å². The summed E-state index contributed by atoms with van der Waals surface area (Å²) in [4.78, 5) is 26.3. The van der Waals surface area contributed by atoms with Crippen LogP contribution in [-0.4, -0.2) is 18.9 Å². The van der Waals surface area contributed by atoms with Crippen molar-refractivity contribution in [2.75, 3.05) is 17.3 Å². The number of anilines is 2. The van der Waals surface area contributed by atoms with E-state index in [2.05, 4.69) is 5.32 Å². The van der Waals surface area contributed by atoms with E-state index in [1.54, 1.807) is 24.3 Å². The Morgan fingerprint density at radius 3 is 2.56 bits per heavy atom. The van der Waals surface area contributed by atoms with Gasteiger partial charge in [0.15, 0.2) is 0 Å². The summed E-state index contributed by atoms with van der Waals surface area (Å²) >= 11 is 6.16. The van der Waals surface area contributed by atoms with Crippen molar-refractivity contribution in [3.05, 3.63) is 64.8 Å². The number of carbonyl (C=O) groups excluding carboxylic acids is 2. The molecule has 2 aromatic rings. The number of hydrogen-bond acceptors (Lipinski definition) is 4. The van der Waals surface area contributed by atoms with Crippen LogP contribution in [-0.2, 0) is 16.0 Å². The van der Waals surface area contributed by atoms with Crippen LogP contribution in [0.15, 0.2) is 59.3 Å². The van der Waals surface area contributed by atoms with Gasteiger partial charge in [-0.3, -0.25) is 9.59 Å². The van der Waals surface area contributed by atoms with Crippen molar-refractivity contribution < 1.29 is 14.3 Å². The number of halogens is 1. The van der Waals surface area contributed by atoms with E-state index in [0.717, 1.165) is 22.6 Å². The number of imide groups is 1. The molecular formula is C19H17ClN2O3. The number of amides is 2. The van der Waals surface area contributed by atoms with Crippen molar-refractivity contribution in [1.29, 1.82) is 0 Å². The summed E-state index contributed by atoms with van der Waals surface area (Å²) in [6.07, 6.45) is 0.788. The fraction of sp³-hybridized carbons (Fsp3) is 0.158. The highest BCUT2D eigenvalue weighted by molar-refractivity contribution is 6.53. The van der Waals surface area contributed by atoms with Crippen molar-refractivity contribution >= 4 is 34.8 Å². The highest BCUT2D eigenvalue weighted by Crippen LogP contribution is 2.32. The molecule has 0 aromatic heterocycles. The lowest BCUT2D eigenvalue weighted by Crippen LogP contribution is -2.32. The van der Waals surface area contributed by atoms with E-state index < -0.39 is 11.8 Å². The van der Waals surface area contributed by atoms with Crippen molar-refractivity contribution in [1.82, 2.24) is 0 Å². The van der Waals surface area contributed by atoms with Crippen LogP contribution < -0.4 is 15.0 Å². The summed E-state index contributed by atoms with van der Waals surface area (Å²) in [7, 11) is 1.52. The van der Waals surface area contributed by atoms with Gasteiger partial charge < -0.3 is 10.1 Å². The number of nitrogens with one attached hydrogen (secondary N) is 1. The maximum absolute atomic E-state index is 12.8. The molecule has 0 saturated heterocycles. The number of para-hydroxylation sites is 1. The molecule has 3 rings (SSSR count). The maximum Gasteiger partial charge on any atom is 0.283 e. The first kappa shape index (κ1) is 17.0. The first-order valence-electron chi connectivity index (χ1n) is 7.84. The van der Waals surface area contributed by atoms with Gasteiger partial charge in [0.05, 0.1) is 12.8 Å². The third-order valence-electron chi connectivity index (χ3n) is 4.00. The summed E-state index contributed by atoms with van der Waals surface area (Å²) in [5, 5.41) is 2.90. The molecule has 0 aliphatic carbocycles. The average molecular weight is 357 g/mol. The molecule has 2 amide bonds. The van der Waals surface area contributed by atoms with Gasteiger partial charge in [-0.25, -0.2) is 4.90 Å². The largest absolute Gasteiger partial charge is 0.497 e. The minimum Gasteiger partial charge on any atom is -0.497 e. The van der Waals surface area contributed by atoms with E-state index in [9.17, 15) is 9.59 Å². The normalized spacial score (nSPS) is 14.3. The van der Waals surface area contributed by atoms with Gasteiger partial charge in [0.25, 0.3) is 11.8 Å². The zero-order valence-corrected chi connectivity index (χ0v) is 14.6. The SMILES string of the molecule is CCc1ccccc1NC1=C(Cl)C(=O)N(c2cccc(OC)c2)C1=O. The Morgan fingerprint density at radius 1 is 1.08 bits per heavy atom. The zero-order valence-electron chi connectivity index (χ0n) is 13.9. The van der Waals surface area contributed by atoms with Gasteiger partial charge in [-0.2, -0.15) is 0 Å². The molecule has 0 spiro atoms. The van der Waals surface area contributed by atoms with E-state index in [-0.39, 0.29) is 10.7 Å². The summed E-state index contributed by atoms with van der Waals surface area (Å²) in [6.45, 7) is 2.01. The van der Waals surface area contributed by atoms with Crippen molar-refractivity contribution in [2.24, 2.45) is 0 Å². The number of carbonyl (C=O) groups is 2. The number of hydrogen-bond donors (Lipinski definition) is 1. The quantitative estimate of drug-likeness (QED) is 0.830. The first-order valence-corrected chi connectivity index (χ1v) is 8.22. The minimum atomic E-state index is -0.559. The lowest BCUT2D eigenvalue weighted by atomic mass is 10.1. The molecule has 0 radical (unpaired) electrons. The second kappa shape index (κ2) is 6.99. The fourth-order valence-electron chi connectivity index (χ4n) is 2.68. The Bertz CT molecular complexity index is 876. The van der Waals surface area contributed by atoms with Crippen LogP contribution in [0.3, 0.4) is 0 Å². The molecule has 0 atom stereocenters. The van der Waals surface area contributed by atoms with Gasteiger partial charge in [0.2, 0.25) is 0 Å². The zero-order chi connectivity index (χ0) is 18.0. The monoisotopic (exact) mass is 356 g/mol. The second-order valence-electron chi connectivity index (χ2n) is 5.47.